The average Bonchev–Trinajstić information content (AvgIpc) is 2.55. The molecule has 1 aliphatic heterocycles. The van der Waals surface area contributed by atoms with Crippen LogP contribution in [-0.2, 0) is 4.79 Å². The zero-order chi connectivity index (χ0) is 18.4. The lowest BCUT2D eigenvalue weighted by molar-refractivity contribution is -0.114. The highest BCUT2D eigenvalue weighted by molar-refractivity contribution is 5.93. The average molecular weight is 346 g/mol. The van der Waals surface area contributed by atoms with Crippen LogP contribution in [0.15, 0.2) is 18.2 Å². The molecule has 1 heterocycles. The summed E-state index contributed by atoms with van der Waals surface area (Å²) in [4.78, 5) is 25.8. The molecule has 1 aromatic rings. The quantitative estimate of drug-likeness (QED) is 0.766. The summed E-state index contributed by atoms with van der Waals surface area (Å²) in [6.45, 7) is 10.6. The van der Waals surface area contributed by atoms with Gasteiger partial charge in [0, 0.05) is 37.4 Å². The van der Waals surface area contributed by atoms with Crippen molar-refractivity contribution < 1.29 is 9.59 Å². The van der Waals surface area contributed by atoms with Crippen LogP contribution in [0.4, 0.5) is 16.2 Å². The number of nitrogens with one attached hydrogen (secondary N) is 3. The molecule has 6 heteroatoms. The van der Waals surface area contributed by atoms with E-state index in [2.05, 4.69) is 34.7 Å². The molecular weight excluding hydrogens is 316 g/mol. The molecule has 0 spiro atoms. The third kappa shape index (κ3) is 6.05. The van der Waals surface area contributed by atoms with Crippen molar-refractivity contribution in [3.05, 3.63) is 23.8 Å². The molecule has 6 nitrogen and oxygen atoms in total. The SMILES string of the molecule is CC(=O)Nc1cc(NC(=O)NC[C@@H](C)N2CCC[C@H](C)C2)ccc1C. The predicted octanol–water partition coefficient (Wildman–Crippen LogP) is 3.20. The third-order valence-corrected chi connectivity index (χ3v) is 4.68. The van der Waals surface area contributed by atoms with Crippen LogP contribution < -0.4 is 16.0 Å². The lowest BCUT2D eigenvalue weighted by Crippen LogP contribution is -2.47. The van der Waals surface area contributed by atoms with E-state index in [1.54, 1.807) is 6.07 Å². The van der Waals surface area contributed by atoms with Crippen LogP contribution in [0.5, 0.6) is 0 Å². The summed E-state index contributed by atoms with van der Waals surface area (Å²) >= 11 is 0. The second kappa shape index (κ2) is 8.85. The second-order valence-corrected chi connectivity index (χ2v) is 7.14. The Morgan fingerprint density at radius 1 is 1.32 bits per heavy atom. The van der Waals surface area contributed by atoms with Gasteiger partial charge in [-0.2, -0.15) is 0 Å². The van der Waals surface area contributed by atoms with Crippen LogP contribution in [0.25, 0.3) is 0 Å². The molecule has 0 radical (unpaired) electrons. The van der Waals surface area contributed by atoms with E-state index >= 15 is 0 Å². The minimum atomic E-state index is -0.227. The molecule has 138 valence electrons. The first-order valence-corrected chi connectivity index (χ1v) is 9.02. The molecule has 3 amide bonds. The summed E-state index contributed by atoms with van der Waals surface area (Å²) in [5, 5.41) is 8.54. The molecule has 2 atom stereocenters. The number of hydrogen-bond acceptors (Lipinski definition) is 3. The van der Waals surface area contributed by atoms with Gasteiger partial charge in [0.15, 0.2) is 0 Å². The van der Waals surface area contributed by atoms with E-state index in [1.807, 2.05) is 19.1 Å². The van der Waals surface area contributed by atoms with Crippen molar-refractivity contribution >= 4 is 23.3 Å². The summed E-state index contributed by atoms with van der Waals surface area (Å²) < 4.78 is 0. The van der Waals surface area contributed by atoms with Crippen molar-refractivity contribution in [2.24, 2.45) is 5.92 Å². The molecule has 25 heavy (non-hydrogen) atoms. The fraction of sp³-hybridized carbons (Fsp3) is 0.579. The first-order chi connectivity index (χ1) is 11.8. The molecule has 1 fully saturated rings. The number of amides is 3. The smallest absolute Gasteiger partial charge is 0.319 e. The predicted molar refractivity (Wildman–Crippen MR) is 102 cm³/mol. The van der Waals surface area contributed by atoms with E-state index in [0.717, 1.165) is 24.6 Å². The van der Waals surface area contributed by atoms with E-state index in [-0.39, 0.29) is 11.9 Å². The van der Waals surface area contributed by atoms with Crippen LogP contribution in [-0.4, -0.2) is 42.5 Å². The Hall–Kier alpha value is -2.08. The summed E-state index contributed by atoms with van der Waals surface area (Å²) in [5.41, 5.74) is 2.32. The minimum Gasteiger partial charge on any atom is -0.336 e. The molecule has 3 N–H and O–H groups in total. The van der Waals surface area contributed by atoms with Crippen LogP contribution in [0.2, 0.25) is 0 Å². The van der Waals surface area contributed by atoms with Gasteiger partial charge < -0.3 is 16.0 Å². The maximum atomic E-state index is 12.2. The number of likely N-dealkylation sites (tertiary alicyclic amines) is 1. The number of anilines is 2. The molecule has 0 saturated carbocycles. The molecule has 2 rings (SSSR count). The zero-order valence-electron chi connectivity index (χ0n) is 15.7. The maximum Gasteiger partial charge on any atom is 0.319 e. The highest BCUT2D eigenvalue weighted by Gasteiger charge is 2.21. The second-order valence-electron chi connectivity index (χ2n) is 7.14. The number of urea groups is 1. The molecule has 1 saturated heterocycles. The van der Waals surface area contributed by atoms with Crippen molar-refractivity contribution in [3.63, 3.8) is 0 Å². The Bertz CT molecular complexity index is 617. The Morgan fingerprint density at radius 3 is 2.76 bits per heavy atom. The summed E-state index contributed by atoms with van der Waals surface area (Å²) in [6, 6.07) is 5.57. The van der Waals surface area contributed by atoms with E-state index in [9.17, 15) is 9.59 Å². The molecule has 1 aliphatic rings. The highest BCUT2D eigenvalue weighted by Crippen LogP contribution is 2.20. The van der Waals surface area contributed by atoms with Gasteiger partial charge in [-0.1, -0.05) is 13.0 Å². The van der Waals surface area contributed by atoms with Gasteiger partial charge in [0.2, 0.25) is 5.91 Å². The normalized spacial score (nSPS) is 19.1. The van der Waals surface area contributed by atoms with Gasteiger partial charge in [-0.05, 0) is 56.8 Å². The molecular formula is C19H30N4O2. The minimum absolute atomic E-state index is 0.130. The molecule has 0 aromatic heterocycles. The number of carbonyl (C=O) groups is 2. The van der Waals surface area contributed by atoms with Crippen LogP contribution in [0.1, 0.15) is 39.2 Å². The molecule has 1 aromatic carbocycles. The first kappa shape index (κ1) is 19.2. The standard InChI is InChI=1S/C19H30N4O2/c1-13-6-5-9-23(12-13)15(3)11-20-19(25)22-17-8-7-14(2)18(10-17)21-16(4)24/h7-8,10,13,15H,5-6,9,11-12H2,1-4H3,(H,21,24)(H2,20,22,25)/t13-,15+/m0/s1. The van der Waals surface area contributed by atoms with Crippen LogP contribution in [0, 0.1) is 12.8 Å². The lowest BCUT2D eigenvalue weighted by atomic mass is 9.99. The van der Waals surface area contributed by atoms with Crippen molar-refractivity contribution in [3.8, 4) is 0 Å². The van der Waals surface area contributed by atoms with Crippen molar-refractivity contribution in [2.45, 2.75) is 46.6 Å². The van der Waals surface area contributed by atoms with E-state index in [4.69, 9.17) is 0 Å². The van der Waals surface area contributed by atoms with Gasteiger partial charge in [-0.15, -0.1) is 0 Å². The van der Waals surface area contributed by atoms with Crippen molar-refractivity contribution in [1.82, 2.24) is 10.2 Å². The van der Waals surface area contributed by atoms with Gasteiger partial charge >= 0.3 is 6.03 Å². The van der Waals surface area contributed by atoms with Crippen LogP contribution >= 0.6 is 0 Å². The largest absolute Gasteiger partial charge is 0.336 e. The lowest BCUT2D eigenvalue weighted by Gasteiger charge is -2.35. The monoisotopic (exact) mass is 346 g/mol. The fourth-order valence-electron chi connectivity index (χ4n) is 3.19. The van der Waals surface area contributed by atoms with E-state index < -0.39 is 0 Å². The number of benzene rings is 1. The number of hydrogen-bond donors (Lipinski definition) is 3. The number of carbonyl (C=O) groups excluding carboxylic acids is 2. The first-order valence-electron chi connectivity index (χ1n) is 9.02. The number of aryl methyl sites for hydroxylation is 1. The summed E-state index contributed by atoms with van der Waals surface area (Å²) in [6.07, 6.45) is 2.52. The van der Waals surface area contributed by atoms with E-state index in [0.29, 0.717) is 24.0 Å². The Morgan fingerprint density at radius 2 is 2.08 bits per heavy atom. The number of piperidine rings is 1. The third-order valence-electron chi connectivity index (χ3n) is 4.68. The zero-order valence-corrected chi connectivity index (χ0v) is 15.7. The topological polar surface area (TPSA) is 73.5 Å². The van der Waals surface area contributed by atoms with Gasteiger partial charge in [0.05, 0.1) is 0 Å². The van der Waals surface area contributed by atoms with Crippen molar-refractivity contribution in [2.75, 3.05) is 30.3 Å². The van der Waals surface area contributed by atoms with Gasteiger partial charge in [-0.25, -0.2) is 4.79 Å². The Kier molecular flexibility index (Phi) is 6.82. The molecule has 0 bridgehead atoms. The number of rotatable bonds is 5. The van der Waals surface area contributed by atoms with Gasteiger partial charge in [-0.3, -0.25) is 9.69 Å². The van der Waals surface area contributed by atoms with Crippen LogP contribution in [0.3, 0.4) is 0 Å². The Labute approximate surface area is 150 Å². The van der Waals surface area contributed by atoms with Gasteiger partial charge in [0.25, 0.3) is 0 Å². The summed E-state index contributed by atoms with van der Waals surface area (Å²) in [7, 11) is 0. The van der Waals surface area contributed by atoms with Crippen molar-refractivity contribution in [1.29, 1.82) is 0 Å². The molecule has 0 aliphatic carbocycles. The molecule has 0 unspecified atom stereocenters. The highest BCUT2D eigenvalue weighted by atomic mass is 16.2. The van der Waals surface area contributed by atoms with E-state index in [1.165, 1.54) is 19.8 Å². The fourth-order valence-corrected chi connectivity index (χ4v) is 3.19. The summed E-state index contributed by atoms with van der Waals surface area (Å²) in [5.74, 6) is 0.596. The maximum absolute atomic E-state index is 12.2. The number of nitrogens with zero attached hydrogens (tertiary/aromatic N) is 1. The Balaban J connectivity index is 1.84. The van der Waals surface area contributed by atoms with Gasteiger partial charge in [0.1, 0.15) is 0 Å².